The number of hydrogen-bond acceptors (Lipinski definition) is 4. The van der Waals surface area contributed by atoms with Crippen molar-refractivity contribution < 1.29 is 13.5 Å². The van der Waals surface area contributed by atoms with Crippen LogP contribution in [0.2, 0.25) is 0 Å². The van der Waals surface area contributed by atoms with E-state index in [-0.39, 0.29) is 11.5 Å². The monoisotopic (exact) mass is 416 g/mol. The largest absolute Gasteiger partial charge is 0.438 e. The molecular formula is C18H11BrF2N4O. The van der Waals surface area contributed by atoms with Crippen LogP contribution in [0.4, 0.5) is 8.78 Å². The van der Waals surface area contributed by atoms with Gasteiger partial charge in [0.15, 0.2) is 5.65 Å². The minimum atomic E-state index is -2.77. The van der Waals surface area contributed by atoms with Crippen molar-refractivity contribution >= 4 is 21.6 Å². The molecule has 5 nitrogen and oxygen atoms in total. The van der Waals surface area contributed by atoms with Crippen LogP contribution in [0, 0.1) is 0 Å². The third-order valence-corrected chi connectivity index (χ3v) is 4.24. The molecule has 0 aliphatic rings. The van der Waals surface area contributed by atoms with Gasteiger partial charge in [0.2, 0.25) is 11.7 Å². The predicted molar refractivity (Wildman–Crippen MR) is 95.4 cm³/mol. The first-order valence-corrected chi connectivity index (χ1v) is 8.44. The molecule has 26 heavy (non-hydrogen) atoms. The van der Waals surface area contributed by atoms with Gasteiger partial charge in [0.1, 0.15) is 5.75 Å². The number of ether oxygens (including phenoxy) is 1. The predicted octanol–water partition coefficient (Wildman–Crippen LogP) is 5.28. The summed E-state index contributed by atoms with van der Waals surface area (Å²) in [5.41, 5.74) is 2.34. The number of aromatic nitrogens is 4. The molecule has 0 spiro atoms. The molecule has 4 aromatic rings. The Kier molecular flexibility index (Phi) is 4.34. The van der Waals surface area contributed by atoms with Gasteiger partial charge in [-0.2, -0.15) is 4.52 Å². The van der Waals surface area contributed by atoms with E-state index < -0.39 is 12.2 Å². The Bertz CT molecular complexity index is 1050. The maximum absolute atomic E-state index is 12.9. The minimum absolute atomic E-state index is 0.176. The maximum Gasteiger partial charge on any atom is 0.299 e. The number of nitrogens with zero attached hydrogens (tertiary/aromatic N) is 4. The molecule has 2 heterocycles. The lowest BCUT2D eigenvalue weighted by molar-refractivity contribution is 0.137. The first-order chi connectivity index (χ1) is 12.6. The molecule has 0 saturated carbocycles. The molecule has 0 unspecified atom stereocenters. The summed E-state index contributed by atoms with van der Waals surface area (Å²) in [4.78, 5) is 0. The summed E-state index contributed by atoms with van der Waals surface area (Å²) in [5.74, 6) is 0.205. The molecular weight excluding hydrogens is 406 g/mol. The molecule has 0 aliphatic carbocycles. The van der Waals surface area contributed by atoms with Gasteiger partial charge in [-0.05, 0) is 41.5 Å². The number of rotatable bonds is 4. The van der Waals surface area contributed by atoms with E-state index in [0.29, 0.717) is 5.75 Å². The van der Waals surface area contributed by atoms with E-state index in [0.717, 1.165) is 20.1 Å². The molecule has 0 saturated heterocycles. The fourth-order valence-corrected chi connectivity index (χ4v) is 2.72. The van der Waals surface area contributed by atoms with Crippen LogP contribution in [-0.2, 0) is 0 Å². The second-order valence-electron chi connectivity index (χ2n) is 5.43. The lowest BCUT2D eigenvalue weighted by Crippen LogP contribution is -2.00. The van der Waals surface area contributed by atoms with Gasteiger partial charge < -0.3 is 4.74 Å². The van der Waals surface area contributed by atoms with Gasteiger partial charge in [-0.1, -0.05) is 40.2 Å². The van der Waals surface area contributed by atoms with Gasteiger partial charge in [0.05, 0.1) is 0 Å². The Balaban J connectivity index is 1.58. The highest BCUT2D eigenvalue weighted by molar-refractivity contribution is 9.10. The molecule has 130 valence electrons. The van der Waals surface area contributed by atoms with Gasteiger partial charge in [-0.25, -0.2) is 8.78 Å². The van der Waals surface area contributed by atoms with Crippen LogP contribution in [0.25, 0.3) is 16.8 Å². The molecule has 0 fully saturated rings. The van der Waals surface area contributed by atoms with E-state index in [4.69, 9.17) is 4.74 Å². The second kappa shape index (κ2) is 6.80. The van der Waals surface area contributed by atoms with E-state index in [1.54, 1.807) is 18.2 Å². The zero-order chi connectivity index (χ0) is 18.1. The number of halogens is 3. The highest BCUT2D eigenvalue weighted by atomic mass is 79.9. The first kappa shape index (κ1) is 16.6. The Morgan fingerprint density at radius 1 is 0.846 bits per heavy atom. The fourth-order valence-electron chi connectivity index (χ4n) is 2.46. The smallest absolute Gasteiger partial charge is 0.299 e. The average molecular weight is 417 g/mol. The van der Waals surface area contributed by atoms with E-state index in [1.165, 1.54) is 6.07 Å². The van der Waals surface area contributed by atoms with E-state index in [9.17, 15) is 8.78 Å². The van der Waals surface area contributed by atoms with Crippen molar-refractivity contribution in [2.75, 3.05) is 0 Å². The quantitative estimate of drug-likeness (QED) is 0.453. The standard InChI is InChI=1S/C18H11BrF2N4O/c19-13-5-1-11(2-6-13)12-3-7-14(8-4-12)26-16-10-9-15-22-23-18(17(20)21)25(15)24-16/h1-10,17H. The molecule has 0 radical (unpaired) electrons. The molecule has 0 amide bonds. The molecule has 0 atom stereocenters. The van der Waals surface area contributed by atoms with Crippen molar-refractivity contribution in [3.63, 3.8) is 0 Å². The number of fused-ring (bicyclic) bond motifs is 1. The molecule has 0 aliphatic heterocycles. The van der Waals surface area contributed by atoms with Gasteiger partial charge in [-0.15, -0.1) is 15.3 Å². The molecule has 2 aromatic carbocycles. The highest BCUT2D eigenvalue weighted by Crippen LogP contribution is 2.26. The SMILES string of the molecule is FC(F)c1nnc2ccc(Oc3ccc(-c4ccc(Br)cc4)cc3)nn12. The number of hydrogen-bond donors (Lipinski definition) is 0. The summed E-state index contributed by atoms with van der Waals surface area (Å²) in [5, 5.41) is 11.1. The van der Waals surface area contributed by atoms with Crippen molar-refractivity contribution in [3.8, 4) is 22.8 Å². The zero-order valence-corrected chi connectivity index (χ0v) is 14.8. The second-order valence-corrected chi connectivity index (χ2v) is 6.35. The first-order valence-electron chi connectivity index (χ1n) is 7.64. The summed E-state index contributed by atoms with van der Waals surface area (Å²) in [7, 11) is 0. The van der Waals surface area contributed by atoms with Gasteiger partial charge in [0.25, 0.3) is 6.43 Å². The van der Waals surface area contributed by atoms with Gasteiger partial charge in [0, 0.05) is 10.5 Å². The molecule has 2 aromatic heterocycles. The van der Waals surface area contributed by atoms with Crippen LogP contribution in [-0.4, -0.2) is 19.8 Å². The summed E-state index contributed by atoms with van der Waals surface area (Å²) < 4.78 is 33.5. The van der Waals surface area contributed by atoms with Gasteiger partial charge >= 0.3 is 0 Å². The minimum Gasteiger partial charge on any atom is -0.438 e. The van der Waals surface area contributed by atoms with Crippen LogP contribution in [0.1, 0.15) is 12.2 Å². The van der Waals surface area contributed by atoms with Crippen LogP contribution in [0.5, 0.6) is 11.6 Å². The summed E-state index contributed by atoms with van der Waals surface area (Å²) in [6.07, 6.45) is -2.77. The molecule has 4 rings (SSSR count). The topological polar surface area (TPSA) is 52.3 Å². The molecule has 0 N–H and O–H groups in total. The van der Waals surface area contributed by atoms with Crippen molar-refractivity contribution in [1.82, 2.24) is 19.8 Å². The maximum atomic E-state index is 12.9. The Morgan fingerprint density at radius 2 is 1.50 bits per heavy atom. The van der Waals surface area contributed by atoms with Gasteiger partial charge in [-0.3, -0.25) is 0 Å². The third-order valence-electron chi connectivity index (χ3n) is 3.71. The Morgan fingerprint density at radius 3 is 2.15 bits per heavy atom. The van der Waals surface area contributed by atoms with Crippen molar-refractivity contribution in [2.24, 2.45) is 0 Å². The van der Waals surface area contributed by atoms with Crippen LogP contribution < -0.4 is 4.74 Å². The lowest BCUT2D eigenvalue weighted by Gasteiger charge is -2.07. The third kappa shape index (κ3) is 3.28. The van der Waals surface area contributed by atoms with E-state index in [1.807, 2.05) is 36.4 Å². The van der Waals surface area contributed by atoms with Crippen LogP contribution in [0.15, 0.2) is 65.1 Å². The zero-order valence-electron chi connectivity index (χ0n) is 13.2. The van der Waals surface area contributed by atoms with Crippen LogP contribution in [0.3, 0.4) is 0 Å². The fraction of sp³-hybridized carbons (Fsp3) is 0.0556. The van der Waals surface area contributed by atoms with Crippen molar-refractivity contribution in [3.05, 3.63) is 71.0 Å². The normalized spacial score (nSPS) is 11.2. The number of benzene rings is 2. The van der Waals surface area contributed by atoms with Crippen molar-refractivity contribution in [2.45, 2.75) is 6.43 Å². The summed E-state index contributed by atoms with van der Waals surface area (Å²) in [6.45, 7) is 0. The number of alkyl halides is 2. The lowest BCUT2D eigenvalue weighted by atomic mass is 10.1. The van der Waals surface area contributed by atoms with Crippen LogP contribution >= 0.6 is 15.9 Å². The molecule has 0 bridgehead atoms. The highest BCUT2D eigenvalue weighted by Gasteiger charge is 2.17. The van der Waals surface area contributed by atoms with Crippen molar-refractivity contribution in [1.29, 1.82) is 0 Å². The Hall–Kier alpha value is -2.87. The van der Waals surface area contributed by atoms with E-state index in [2.05, 4.69) is 31.2 Å². The average Bonchev–Trinajstić information content (AvgIpc) is 3.07. The summed E-state index contributed by atoms with van der Waals surface area (Å²) >= 11 is 3.41. The summed E-state index contributed by atoms with van der Waals surface area (Å²) in [6, 6.07) is 18.5. The Labute approximate surface area is 155 Å². The van der Waals surface area contributed by atoms with E-state index >= 15 is 0 Å². The molecule has 8 heteroatoms.